The number of halogens is 1. The third-order valence-electron chi connectivity index (χ3n) is 3.26. The SMILES string of the molecule is C#Cc1cc(Cl)cc2c1cnn2C1CCCCO1. The molecule has 3 nitrogen and oxygen atoms in total. The molecule has 0 radical (unpaired) electrons. The molecule has 1 atom stereocenters. The summed E-state index contributed by atoms with van der Waals surface area (Å²) in [6, 6.07) is 3.68. The van der Waals surface area contributed by atoms with Crippen LogP contribution < -0.4 is 0 Å². The Bertz CT molecular complexity index is 620. The van der Waals surface area contributed by atoms with Crippen molar-refractivity contribution >= 4 is 22.5 Å². The van der Waals surface area contributed by atoms with Gasteiger partial charge in [0.1, 0.15) is 0 Å². The average molecular weight is 261 g/mol. The van der Waals surface area contributed by atoms with Gasteiger partial charge < -0.3 is 4.74 Å². The molecule has 0 spiro atoms. The fourth-order valence-corrected chi connectivity index (χ4v) is 2.59. The van der Waals surface area contributed by atoms with Crippen molar-refractivity contribution in [3.63, 3.8) is 0 Å². The predicted octanol–water partition coefficient (Wildman–Crippen LogP) is 3.37. The highest BCUT2D eigenvalue weighted by Crippen LogP contribution is 2.29. The number of aromatic nitrogens is 2. The van der Waals surface area contributed by atoms with Crippen LogP contribution in [0, 0.1) is 12.3 Å². The number of ether oxygens (including phenoxy) is 1. The van der Waals surface area contributed by atoms with Crippen LogP contribution in [0.4, 0.5) is 0 Å². The maximum atomic E-state index is 6.09. The molecule has 0 saturated carbocycles. The van der Waals surface area contributed by atoms with E-state index in [9.17, 15) is 0 Å². The fourth-order valence-electron chi connectivity index (χ4n) is 2.38. The molecule has 0 bridgehead atoms. The van der Waals surface area contributed by atoms with Crippen LogP contribution in [0.25, 0.3) is 10.9 Å². The standard InChI is InChI=1S/C14H13ClN2O/c1-2-10-7-11(15)8-13-12(10)9-16-17(13)14-5-3-4-6-18-14/h1,7-9,14H,3-6H2. The Hall–Kier alpha value is -1.50. The Labute approximate surface area is 111 Å². The van der Waals surface area contributed by atoms with Crippen molar-refractivity contribution in [1.82, 2.24) is 9.78 Å². The number of hydrogen-bond donors (Lipinski definition) is 0. The lowest BCUT2D eigenvalue weighted by molar-refractivity contribution is -0.0366. The first kappa shape index (κ1) is 11.6. The lowest BCUT2D eigenvalue weighted by atomic mass is 10.1. The van der Waals surface area contributed by atoms with Gasteiger partial charge in [0.15, 0.2) is 6.23 Å². The first-order chi connectivity index (χ1) is 8.79. The minimum atomic E-state index is 0.000316. The number of rotatable bonds is 1. The van der Waals surface area contributed by atoms with Gasteiger partial charge in [-0.2, -0.15) is 5.10 Å². The second-order valence-electron chi connectivity index (χ2n) is 4.44. The predicted molar refractivity (Wildman–Crippen MR) is 71.5 cm³/mol. The van der Waals surface area contributed by atoms with E-state index in [1.54, 1.807) is 12.3 Å². The number of fused-ring (bicyclic) bond motifs is 1. The Morgan fingerprint density at radius 2 is 2.33 bits per heavy atom. The Kier molecular flexibility index (Phi) is 2.99. The van der Waals surface area contributed by atoms with Gasteiger partial charge in [0.25, 0.3) is 0 Å². The zero-order valence-electron chi connectivity index (χ0n) is 9.90. The van der Waals surface area contributed by atoms with Crippen molar-refractivity contribution < 1.29 is 4.74 Å². The molecule has 0 N–H and O–H groups in total. The van der Waals surface area contributed by atoms with Gasteiger partial charge in [-0.3, -0.25) is 0 Å². The van der Waals surface area contributed by atoms with E-state index in [0.717, 1.165) is 42.3 Å². The Morgan fingerprint density at radius 3 is 3.06 bits per heavy atom. The molecule has 18 heavy (non-hydrogen) atoms. The molecule has 0 amide bonds. The third-order valence-corrected chi connectivity index (χ3v) is 3.48. The van der Waals surface area contributed by atoms with Gasteiger partial charge >= 0.3 is 0 Å². The largest absolute Gasteiger partial charge is 0.356 e. The topological polar surface area (TPSA) is 27.1 Å². The molecule has 3 rings (SSSR count). The maximum absolute atomic E-state index is 6.09. The summed E-state index contributed by atoms with van der Waals surface area (Å²) in [5.41, 5.74) is 1.72. The molecule has 4 heteroatoms. The van der Waals surface area contributed by atoms with Crippen LogP contribution in [-0.4, -0.2) is 16.4 Å². The van der Waals surface area contributed by atoms with E-state index in [4.69, 9.17) is 22.8 Å². The summed E-state index contributed by atoms with van der Waals surface area (Å²) in [4.78, 5) is 0. The van der Waals surface area contributed by atoms with Crippen molar-refractivity contribution in [3.05, 3.63) is 28.9 Å². The van der Waals surface area contributed by atoms with E-state index in [-0.39, 0.29) is 6.23 Å². The highest BCUT2D eigenvalue weighted by molar-refractivity contribution is 6.31. The highest BCUT2D eigenvalue weighted by Gasteiger charge is 2.19. The van der Waals surface area contributed by atoms with E-state index in [1.807, 2.05) is 10.7 Å². The summed E-state index contributed by atoms with van der Waals surface area (Å²) in [6.07, 6.45) is 10.5. The molecule has 1 aromatic carbocycles. The van der Waals surface area contributed by atoms with Crippen molar-refractivity contribution in [1.29, 1.82) is 0 Å². The molecule has 1 unspecified atom stereocenters. The van der Waals surface area contributed by atoms with Crippen LogP contribution in [0.5, 0.6) is 0 Å². The highest BCUT2D eigenvalue weighted by atomic mass is 35.5. The lowest BCUT2D eigenvalue weighted by Crippen LogP contribution is -2.18. The zero-order valence-corrected chi connectivity index (χ0v) is 10.7. The third kappa shape index (κ3) is 1.88. The van der Waals surface area contributed by atoms with E-state index in [1.165, 1.54) is 0 Å². The Morgan fingerprint density at radius 1 is 1.44 bits per heavy atom. The molecule has 1 aliphatic rings. The van der Waals surface area contributed by atoms with Crippen LogP contribution in [0.3, 0.4) is 0 Å². The smallest absolute Gasteiger partial charge is 0.150 e. The number of nitrogens with zero attached hydrogens (tertiary/aromatic N) is 2. The number of benzene rings is 1. The van der Waals surface area contributed by atoms with Crippen molar-refractivity contribution in [2.24, 2.45) is 0 Å². The minimum Gasteiger partial charge on any atom is -0.356 e. The Balaban J connectivity index is 2.13. The summed E-state index contributed by atoms with van der Waals surface area (Å²) < 4.78 is 7.64. The summed E-state index contributed by atoms with van der Waals surface area (Å²) in [5.74, 6) is 2.65. The van der Waals surface area contributed by atoms with Gasteiger partial charge in [-0.15, -0.1) is 6.42 Å². The van der Waals surface area contributed by atoms with E-state index in [0.29, 0.717) is 5.02 Å². The molecule has 2 heterocycles. The van der Waals surface area contributed by atoms with Gasteiger partial charge in [-0.1, -0.05) is 17.5 Å². The molecule has 0 aliphatic carbocycles. The molecule has 1 fully saturated rings. The molecular weight excluding hydrogens is 248 g/mol. The monoisotopic (exact) mass is 260 g/mol. The quantitative estimate of drug-likeness (QED) is 0.735. The van der Waals surface area contributed by atoms with Gasteiger partial charge in [-0.25, -0.2) is 4.68 Å². The minimum absolute atomic E-state index is 0.000316. The normalized spacial score (nSPS) is 19.9. The summed E-state index contributed by atoms with van der Waals surface area (Å²) in [6.45, 7) is 0.786. The molecule has 1 saturated heterocycles. The van der Waals surface area contributed by atoms with Crippen molar-refractivity contribution in [2.75, 3.05) is 6.61 Å². The van der Waals surface area contributed by atoms with Gasteiger partial charge in [0.2, 0.25) is 0 Å². The second-order valence-corrected chi connectivity index (χ2v) is 4.88. The maximum Gasteiger partial charge on any atom is 0.150 e. The van der Waals surface area contributed by atoms with Gasteiger partial charge in [0, 0.05) is 22.6 Å². The summed E-state index contributed by atoms with van der Waals surface area (Å²) in [7, 11) is 0. The molecular formula is C14H13ClN2O. The second kappa shape index (κ2) is 4.64. The number of terminal acetylenes is 1. The zero-order chi connectivity index (χ0) is 12.5. The molecule has 2 aromatic rings. The van der Waals surface area contributed by atoms with Crippen LogP contribution in [0.1, 0.15) is 31.1 Å². The van der Waals surface area contributed by atoms with E-state index >= 15 is 0 Å². The van der Waals surface area contributed by atoms with Crippen molar-refractivity contribution in [3.8, 4) is 12.3 Å². The van der Waals surface area contributed by atoms with Crippen molar-refractivity contribution in [2.45, 2.75) is 25.5 Å². The van der Waals surface area contributed by atoms with E-state index in [2.05, 4.69) is 11.0 Å². The van der Waals surface area contributed by atoms with Crippen LogP contribution in [0.15, 0.2) is 18.3 Å². The molecule has 1 aromatic heterocycles. The van der Waals surface area contributed by atoms with Crippen LogP contribution in [0.2, 0.25) is 5.02 Å². The van der Waals surface area contributed by atoms with Gasteiger partial charge in [0.05, 0.1) is 11.7 Å². The summed E-state index contributed by atoms with van der Waals surface area (Å²) >= 11 is 6.09. The first-order valence-electron chi connectivity index (χ1n) is 6.04. The average Bonchev–Trinajstić information content (AvgIpc) is 2.82. The van der Waals surface area contributed by atoms with Gasteiger partial charge in [-0.05, 0) is 31.4 Å². The fraction of sp³-hybridized carbons (Fsp3) is 0.357. The van der Waals surface area contributed by atoms with Crippen LogP contribution >= 0.6 is 11.6 Å². The number of hydrogen-bond acceptors (Lipinski definition) is 2. The summed E-state index contributed by atoms with van der Waals surface area (Å²) in [5, 5.41) is 5.99. The first-order valence-corrected chi connectivity index (χ1v) is 6.42. The molecule has 92 valence electrons. The van der Waals surface area contributed by atoms with E-state index < -0.39 is 0 Å². The van der Waals surface area contributed by atoms with Crippen LogP contribution in [-0.2, 0) is 4.74 Å². The molecule has 1 aliphatic heterocycles. The lowest BCUT2D eigenvalue weighted by Gasteiger charge is -2.23.